The van der Waals surface area contributed by atoms with Crippen LogP contribution in [0, 0.1) is 6.92 Å². The van der Waals surface area contributed by atoms with Crippen LogP contribution in [0.15, 0.2) is 24.3 Å². The molecule has 18 heavy (non-hydrogen) atoms. The second-order valence-corrected chi connectivity index (χ2v) is 5.49. The fraction of sp³-hybridized carbons (Fsp3) is 0.500. The molecule has 0 saturated carbocycles. The molecule has 0 spiro atoms. The molecule has 1 fully saturated rings. The quantitative estimate of drug-likeness (QED) is 0.821. The maximum atomic E-state index is 11.9. The zero-order chi connectivity index (χ0) is 13.3. The number of carbonyl (C=O) groups excluding carboxylic acids is 1. The van der Waals surface area contributed by atoms with E-state index in [1.165, 1.54) is 5.56 Å². The van der Waals surface area contributed by atoms with Crippen LogP contribution in [0.2, 0.25) is 0 Å². The maximum Gasteiger partial charge on any atom is 0.244 e. The third-order valence-corrected chi connectivity index (χ3v) is 3.46. The Morgan fingerprint density at radius 2 is 2.22 bits per heavy atom. The summed E-state index contributed by atoms with van der Waals surface area (Å²) in [7, 11) is 0. The number of nitrogens with two attached hydrogens (primary N) is 1. The van der Waals surface area contributed by atoms with Crippen molar-refractivity contribution in [2.45, 2.75) is 32.4 Å². The monoisotopic (exact) mass is 247 g/mol. The van der Waals surface area contributed by atoms with Crippen molar-refractivity contribution in [3.8, 4) is 0 Å². The molecule has 3 N–H and O–H groups in total. The SMILES string of the molecule is Cc1cccc(N2C(CN)C(=O)NCC2(C)C)c1. The molecule has 1 heterocycles. The molecule has 0 bridgehead atoms. The van der Waals surface area contributed by atoms with Gasteiger partial charge in [0.1, 0.15) is 6.04 Å². The number of hydrogen-bond acceptors (Lipinski definition) is 3. The summed E-state index contributed by atoms with van der Waals surface area (Å²) in [4.78, 5) is 14.1. The van der Waals surface area contributed by atoms with Crippen molar-refractivity contribution in [2.75, 3.05) is 18.0 Å². The molecular formula is C14H21N3O. The zero-order valence-electron chi connectivity index (χ0n) is 11.2. The number of rotatable bonds is 2. The average Bonchev–Trinajstić information content (AvgIpc) is 2.31. The number of hydrogen-bond donors (Lipinski definition) is 2. The summed E-state index contributed by atoms with van der Waals surface area (Å²) in [6, 6.07) is 7.91. The first-order valence-corrected chi connectivity index (χ1v) is 6.29. The normalized spacial score (nSPS) is 22.8. The van der Waals surface area contributed by atoms with Crippen LogP contribution in [0.3, 0.4) is 0 Å². The second kappa shape index (κ2) is 4.61. The highest BCUT2D eigenvalue weighted by Crippen LogP contribution is 2.29. The van der Waals surface area contributed by atoms with E-state index >= 15 is 0 Å². The number of benzene rings is 1. The van der Waals surface area contributed by atoms with Crippen molar-refractivity contribution < 1.29 is 4.79 Å². The molecule has 1 aliphatic rings. The minimum atomic E-state index is -0.296. The highest BCUT2D eigenvalue weighted by molar-refractivity contribution is 5.87. The van der Waals surface area contributed by atoms with Crippen LogP contribution < -0.4 is 16.0 Å². The summed E-state index contributed by atoms with van der Waals surface area (Å²) in [5.41, 5.74) is 7.89. The van der Waals surface area contributed by atoms with Gasteiger partial charge in [-0.05, 0) is 38.5 Å². The molecule has 1 atom stereocenters. The van der Waals surface area contributed by atoms with Crippen LogP contribution in [-0.4, -0.2) is 30.6 Å². The first kappa shape index (κ1) is 12.9. The van der Waals surface area contributed by atoms with Gasteiger partial charge < -0.3 is 16.0 Å². The van der Waals surface area contributed by atoms with Gasteiger partial charge in [-0.25, -0.2) is 0 Å². The molecule has 1 unspecified atom stereocenters. The number of aryl methyl sites for hydroxylation is 1. The largest absolute Gasteiger partial charge is 0.352 e. The Hall–Kier alpha value is -1.55. The van der Waals surface area contributed by atoms with Gasteiger partial charge in [0, 0.05) is 18.8 Å². The van der Waals surface area contributed by atoms with E-state index in [1.807, 2.05) is 12.1 Å². The fourth-order valence-electron chi connectivity index (χ4n) is 2.57. The highest BCUT2D eigenvalue weighted by atomic mass is 16.2. The lowest BCUT2D eigenvalue weighted by Crippen LogP contribution is -2.67. The van der Waals surface area contributed by atoms with Gasteiger partial charge in [0.25, 0.3) is 0 Å². The molecule has 0 radical (unpaired) electrons. The number of anilines is 1. The second-order valence-electron chi connectivity index (χ2n) is 5.49. The van der Waals surface area contributed by atoms with Crippen molar-refractivity contribution in [3.05, 3.63) is 29.8 Å². The van der Waals surface area contributed by atoms with E-state index in [1.54, 1.807) is 0 Å². The first-order valence-electron chi connectivity index (χ1n) is 6.29. The molecule has 0 aliphatic carbocycles. The van der Waals surface area contributed by atoms with Crippen LogP contribution in [-0.2, 0) is 4.79 Å². The minimum absolute atomic E-state index is 0.0123. The van der Waals surface area contributed by atoms with E-state index in [-0.39, 0.29) is 17.5 Å². The predicted octanol–water partition coefficient (Wildman–Crippen LogP) is 1.04. The minimum Gasteiger partial charge on any atom is -0.352 e. The van der Waals surface area contributed by atoms with Gasteiger partial charge in [-0.1, -0.05) is 12.1 Å². The molecule has 1 amide bonds. The van der Waals surface area contributed by atoms with E-state index < -0.39 is 0 Å². The Kier molecular flexibility index (Phi) is 3.30. The first-order chi connectivity index (χ1) is 8.45. The Morgan fingerprint density at radius 3 is 2.83 bits per heavy atom. The number of nitrogens with one attached hydrogen (secondary N) is 1. The van der Waals surface area contributed by atoms with Crippen molar-refractivity contribution in [2.24, 2.45) is 5.73 Å². The molecule has 98 valence electrons. The van der Waals surface area contributed by atoms with Crippen LogP contribution in [0.5, 0.6) is 0 Å². The van der Waals surface area contributed by atoms with Crippen LogP contribution in [0.1, 0.15) is 19.4 Å². The summed E-state index contributed by atoms with van der Waals surface area (Å²) in [5.74, 6) is 0.0123. The molecule has 0 aromatic heterocycles. The van der Waals surface area contributed by atoms with Gasteiger partial charge in [-0.2, -0.15) is 0 Å². The summed E-state index contributed by atoms with van der Waals surface area (Å²) >= 11 is 0. The van der Waals surface area contributed by atoms with E-state index in [4.69, 9.17) is 5.73 Å². The molecule has 1 aromatic carbocycles. The number of piperazine rings is 1. The van der Waals surface area contributed by atoms with E-state index in [0.717, 1.165) is 5.69 Å². The van der Waals surface area contributed by atoms with Crippen molar-refractivity contribution in [1.29, 1.82) is 0 Å². The van der Waals surface area contributed by atoms with E-state index in [9.17, 15) is 4.79 Å². The van der Waals surface area contributed by atoms with Gasteiger partial charge in [-0.3, -0.25) is 4.79 Å². The lowest BCUT2D eigenvalue weighted by Gasteiger charge is -2.48. The smallest absolute Gasteiger partial charge is 0.244 e. The summed E-state index contributed by atoms with van der Waals surface area (Å²) < 4.78 is 0. The summed E-state index contributed by atoms with van der Waals surface area (Å²) in [6.07, 6.45) is 0. The third kappa shape index (κ3) is 2.20. The molecular weight excluding hydrogens is 226 g/mol. The van der Waals surface area contributed by atoms with Crippen LogP contribution in [0.25, 0.3) is 0 Å². The van der Waals surface area contributed by atoms with Gasteiger partial charge in [0.2, 0.25) is 5.91 Å². The Bertz CT molecular complexity index is 456. The Labute approximate surface area is 108 Å². The van der Waals surface area contributed by atoms with Crippen molar-refractivity contribution in [1.82, 2.24) is 5.32 Å². The molecule has 1 saturated heterocycles. The van der Waals surface area contributed by atoms with Crippen molar-refractivity contribution in [3.63, 3.8) is 0 Å². The number of amides is 1. The van der Waals surface area contributed by atoms with Gasteiger partial charge in [0.05, 0.1) is 5.54 Å². The van der Waals surface area contributed by atoms with Crippen LogP contribution >= 0.6 is 0 Å². The highest BCUT2D eigenvalue weighted by Gasteiger charge is 2.40. The molecule has 2 rings (SSSR count). The average molecular weight is 247 g/mol. The number of nitrogens with zero attached hydrogens (tertiary/aromatic N) is 1. The van der Waals surface area contributed by atoms with Crippen molar-refractivity contribution >= 4 is 11.6 Å². The van der Waals surface area contributed by atoms with Crippen LogP contribution in [0.4, 0.5) is 5.69 Å². The molecule has 1 aliphatic heterocycles. The standard InChI is InChI=1S/C14H21N3O/c1-10-5-4-6-11(7-10)17-12(8-15)13(18)16-9-14(17,2)3/h4-7,12H,8-9,15H2,1-3H3,(H,16,18). The fourth-order valence-corrected chi connectivity index (χ4v) is 2.57. The van der Waals surface area contributed by atoms with E-state index in [0.29, 0.717) is 13.1 Å². The molecule has 1 aromatic rings. The Morgan fingerprint density at radius 1 is 1.50 bits per heavy atom. The zero-order valence-corrected chi connectivity index (χ0v) is 11.2. The maximum absolute atomic E-state index is 11.9. The third-order valence-electron chi connectivity index (χ3n) is 3.46. The summed E-state index contributed by atoms with van der Waals surface area (Å²) in [6.45, 7) is 7.26. The molecule has 4 heteroatoms. The van der Waals surface area contributed by atoms with Gasteiger partial charge >= 0.3 is 0 Å². The lowest BCUT2D eigenvalue weighted by atomic mass is 9.94. The predicted molar refractivity (Wildman–Crippen MR) is 73.6 cm³/mol. The molecule has 4 nitrogen and oxygen atoms in total. The number of carbonyl (C=O) groups is 1. The topological polar surface area (TPSA) is 58.4 Å². The van der Waals surface area contributed by atoms with Gasteiger partial charge in [-0.15, -0.1) is 0 Å². The van der Waals surface area contributed by atoms with E-state index in [2.05, 4.69) is 43.1 Å². The Balaban J connectivity index is 2.44. The van der Waals surface area contributed by atoms with Gasteiger partial charge in [0.15, 0.2) is 0 Å². The summed E-state index contributed by atoms with van der Waals surface area (Å²) in [5, 5.41) is 2.93. The lowest BCUT2D eigenvalue weighted by molar-refractivity contribution is -0.124.